The molecule has 0 atom stereocenters. The third-order valence-electron chi connectivity index (χ3n) is 2.03. The van der Waals surface area contributed by atoms with Gasteiger partial charge in [-0.25, -0.2) is 18.7 Å². The van der Waals surface area contributed by atoms with E-state index in [-0.39, 0.29) is 22.1 Å². The second-order valence-corrected chi connectivity index (χ2v) is 3.49. The average Bonchev–Trinajstić information content (AvgIpc) is 2.32. The Bertz CT molecular complexity index is 623. The number of nitrogens with zero attached hydrogens (tertiary/aromatic N) is 3. The lowest BCUT2D eigenvalue weighted by molar-refractivity contribution is 0.602. The molecule has 1 aromatic heterocycles. The lowest BCUT2D eigenvalue weighted by Crippen LogP contribution is -1.95. The van der Waals surface area contributed by atoms with Gasteiger partial charge in [0, 0.05) is 0 Å². The zero-order chi connectivity index (χ0) is 12.4. The Morgan fingerprint density at radius 1 is 1.29 bits per heavy atom. The Morgan fingerprint density at radius 3 is 2.71 bits per heavy atom. The summed E-state index contributed by atoms with van der Waals surface area (Å²) in [5.41, 5.74) is -0.0244. The first-order chi connectivity index (χ1) is 8.11. The van der Waals surface area contributed by atoms with Crippen molar-refractivity contribution in [3.05, 3.63) is 46.7 Å². The van der Waals surface area contributed by atoms with Gasteiger partial charge in [-0.05, 0) is 18.2 Å². The first-order valence-corrected chi connectivity index (χ1v) is 4.87. The van der Waals surface area contributed by atoms with E-state index in [9.17, 15) is 8.78 Å². The summed E-state index contributed by atoms with van der Waals surface area (Å²) in [6, 6.07) is 4.70. The van der Waals surface area contributed by atoms with Crippen molar-refractivity contribution < 1.29 is 8.78 Å². The molecule has 0 saturated heterocycles. The van der Waals surface area contributed by atoms with Gasteiger partial charge in [-0.1, -0.05) is 11.6 Å². The minimum Gasteiger partial charge on any atom is -0.235 e. The van der Waals surface area contributed by atoms with Gasteiger partial charge >= 0.3 is 0 Å². The molecule has 0 aliphatic heterocycles. The number of halogens is 3. The minimum absolute atomic E-state index is 0.0639. The smallest absolute Gasteiger partial charge is 0.163 e. The topological polar surface area (TPSA) is 49.6 Å². The van der Waals surface area contributed by atoms with Crippen LogP contribution in [0.1, 0.15) is 5.56 Å². The Hall–Kier alpha value is -2.06. The van der Waals surface area contributed by atoms with Crippen LogP contribution in [0.3, 0.4) is 0 Å². The number of hydrogen-bond donors (Lipinski definition) is 0. The summed E-state index contributed by atoms with van der Waals surface area (Å²) in [5, 5.41) is 8.53. The fourth-order valence-corrected chi connectivity index (χ4v) is 1.41. The normalized spacial score (nSPS) is 10.0. The van der Waals surface area contributed by atoms with Crippen LogP contribution in [0.5, 0.6) is 0 Å². The summed E-state index contributed by atoms with van der Waals surface area (Å²) in [7, 11) is 0. The van der Waals surface area contributed by atoms with E-state index in [2.05, 4.69) is 9.97 Å². The predicted octanol–water partition coefficient (Wildman–Crippen LogP) is 2.95. The highest BCUT2D eigenvalue weighted by atomic mass is 35.5. The molecule has 1 aromatic carbocycles. The third kappa shape index (κ3) is 2.22. The van der Waals surface area contributed by atoms with Gasteiger partial charge in [-0.2, -0.15) is 5.26 Å². The number of hydrogen-bond acceptors (Lipinski definition) is 3. The summed E-state index contributed by atoms with van der Waals surface area (Å²) in [6.45, 7) is 0. The van der Waals surface area contributed by atoms with Gasteiger partial charge in [0.05, 0.1) is 11.8 Å². The molecular weight excluding hydrogens is 248 g/mol. The van der Waals surface area contributed by atoms with Crippen molar-refractivity contribution in [1.29, 1.82) is 5.26 Å². The highest BCUT2D eigenvalue weighted by Gasteiger charge is 2.11. The molecule has 0 aliphatic carbocycles. The molecule has 0 saturated carbocycles. The molecule has 0 N–H and O–H groups in total. The van der Waals surface area contributed by atoms with Crippen molar-refractivity contribution in [2.75, 3.05) is 0 Å². The second-order valence-electron chi connectivity index (χ2n) is 3.13. The van der Waals surface area contributed by atoms with Crippen molar-refractivity contribution in [2.24, 2.45) is 0 Å². The second kappa shape index (κ2) is 4.44. The van der Waals surface area contributed by atoms with Gasteiger partial charge < -0.3 is 0 Å². The molecule has 6 heteroatoms. The Kier molecular flexibility index (Phi) is 2.98. The van der Waals surface area contributed by atoms with Gasteiger partial charge in [0.1, 0.15) is 23.3 Å². The number of nitriles is 1. The summed E-state index contributed by atoms with van der Waals surface area (Å²) in [5.74, 6) is -1.33. The first kappa shape index (κ1) is 11.4. The molecule has 3 nitrogen and oxygen atoms in total. The van der Waals surface area contributed by atoms with Gasteiger partial charge in [0.2, 0.25) is 0 Å². The van der Waals surface area contributed by atoms with Crippen LogP contribution in [-0.4, -0.2) is 9.97 Å². The SMILES string of the molecule is N#Cc1cnc(-c2cc(F)ccc2F)nc1Cl. The molecular formula is C11H4ClF2N3. The fourth-order valence-electron chi connectivity index (χ4n) is 1.23. The van der Waals surface area contributed by atoms with E-state index in [1.54, 1.807) is 6.07 Å². The summed E-state index contributed by atoms with van der Waals surface area (Å²) < 4.78 is 26.4. The standard InChI is InChI=1S/C11H4ClF2N3/c12-10-6(4-15)5-16-11(17-10)8-3-7(13)1-2-9(8)14/h1-3,5H. The zero-order valence-electron chi connectivity index (χ0n) is 8.28. The highest BCUT2D eigenvalue weighted by Crippen LogP contribution is 2.22. The molecule has 0 aliphatic rings. The predicted molar refractivity (Wildman–Crippen MR) is 57.1 cm³/mol. The van der Waals surface area contributed by atoms with Crippen LogP contribution in [0, 0.1) is 23.0 Å². The van der Waals surface area contributed by atoms with Crippen LogP contribution in [-0.2, 0) is 0 Å². The Labute approximate surface area is 100 Å². The molecule has 0 unspecified atom stereocenters. The number of aromatic nitrogens is 2. The van der Waals surface area contributed by atoms with E-state index in [4.69, 9.17) is 16.9 Å². The molecule has 2 aromatic rings. The molecule has 0 amide bonds. The maximum Gasteiger partial charge on any atom is 0.163 e. The van der Waals surface area contributed by atoms with Crippen molar-refractivity contribution in [3.63, 3.8) is 0 Å². The van der Waals surface area contributed by atoms with Crippen LogP contribution in [0.2, 0.25) is 5.15 Å². The van der Waals surface area contributed by atoms with E-state index in [0.717, 1.165) is 24.4 Å². The Balaban J connectivity index is 2.58. The monoisotopic (exact) mass is 251 g/mol. The van der Waals surface area contributed by atoms with Crippen molar-refractivity contribution in [2.45, 2.75) is 0 Å². The van der Waals surface area contributed by atoms with Crippen LogP contribution in [0.4, 0.5) is 8.78 Å². The van der Waals surface area contributed by atoms with E-state index < -0.39 is 11.6 Å². The quantitative estimate of drug-likeness (QED) is 0.732. The first-order valence-electron chi connectivity index (χ1n) is 4.50. The number of benzene rings is 1. The van der Waals surface area contributed by atoms with Crippen molar-refractivity contribution >= 4 is 11.6 Å². The maximum absolute atomic E-state index is 13.4. The van der Waals surface area contributed by atoms with Crippen LogP contribution < -0.4 is 0 Å². The summed E-state index contributed by atoms with van der Waals surface area (Å²) in [4.78, 5) is 7.50. The number of rotatable bonds is 1. The third-order valence-corrected chi connectivity index (χ3v) is 2.32. The summed E-state index contributed by atoms with van der Waals surface area (Å²) >= 11 is 5.68. The van der Waals surface area contributed by atoms with Gasteiger partial charge in [-0.3, -0.25) is 0 Å². The average molecular weight is 252 g/mol. The zero-order valence-corrected chi connectivity index (χ0v) is 9.04. The molecule has 84 valence electrons. The van der Waals surface area contributed by atoms with Crippen LogP contribution in [0.15, 0.2) is 24.4 Å². The van der Waals surface area contributed by atoms with Gasteiger partial charge in [0.25, 0.3) is 0 Å². The fraction of sp³-hybridized carbons (Fsp3) is 0. The molecule has 0 bridgehead atoms. The van der Waals surface area contributed by atoms with Gasteiger partial charge in [-0.15, -0.1) is 0 Å². The minimum atomic E-state index is -0.660. The van der Waals surface area contributed by atoms with Crippen LogP contribution in [0.25, 0.3) is 11.4 Å². The lowest BCUT2D eigenvalue weighted by Gasteiger charge is -2.02. The molecule has 0 spiro atoms. The maximum atomic E-state index is 13.4. The van der Waals surface area contributed by atoms with Crippen molar-refractivity contribution in [1.82, 2.24) is 9.97 Å². The molecule has 0 fully saturated rings. The lowest BCUT2D eigenvalue weighted by atomic mass is 10.2. The highest BCUT2D eigenvalue weighted by molar-refractivity contribution is 6.30. The largest absolute Gasteiger partial charge is 0.235 e. The molecule has 17 heavy (non-hydrogen) atoms. The molecule has 0 radical (unpaired) electrons. The van der Waals surface area contributed by atoms with E-state index in [0.29, 0.717) is 0 Å². The van der Waals surface area contributed by atoms with Crippen molar-refractivity contribution in [3.8, 4) is 17.5 Å². The van der Waals surface area contributed by atoms with E-state index >= 15 is 0 Å². The van der Waals surface area contributed by atoms with E-state index in [1.165, 1.54) is 0 Å². The summed E-state index contributed by atoms with van der Waals surface area (Å²) in [6.07, 6.45) is 1.16. The van der Waals surface area contributed by atoms with Gasteiger partial charge in [0.15, 0.2) is 11.0 Å². The Morgan fingerprint density at radius 2 is 2.06 bits per heavy atom. The molecule has 1 heterocycles. The van der Waals surface area contributed by atoms with E-state index in [1.807, 2.05) is 0 Å². The van der Waals surface area contributed by atoms with Crippen LogP contribution >= 0.6 is 11.6 Å². The molecule has 2 rings (SSSR count).